The number of unbranched alkanes of at least 4 members (excludes halogenated alkanes) is 5. The molecule has 0 bridgehead atoms. The quantitative estimate of drug-likeness (QED) is 0.254. The fourth-order valence-electron chi connectivity index (χ4n) is 4.83. The molecule has 28 heavy (non-hydrogen) atoms. The lowest BCUT2D eigenvalue weighted by atomic mass is 9.93. The third-order valence-electron chi connectivity index (χ3n) is 7.78. The van der Waals surface area contributed by atoms with E-state index in [1.165, 1.54) is 77.0 Å². The monoisotopic (exact) mass is 386 g/mol. The molecule has 0 aromatic heterocycles. The van der Waals surface area contributed by atoms with Gasteiger partial charge in [-0.25, -0.2) is 0 Å². The van der Waals surface area contributed by atoms with Crippen molar-refractivity contribution in [3.63, 3.8) is 0 Å². The first kappa shape index (κ1) is 21.5. The maximum atomic E-state index is 10.4. The largest absolute Gasteiger partial charge is 0.508 e. The summed E-state index contributed by atoms with van der Waals surface area (Å²) < 4.78 is 0. The Morgan fingerprint density at radius 2 is 1.21 bits per heavy atom. The molecule has 2 nitrogen and oxygen atoms in total. The Morgan fingerprint density at radius 1 is 0.714 bits per heavy atom. The molecule has 3 rings (SSSR count). The van der Waals surface area contributed by atoms with Gasteiger partial charge in [-0.1, -0.05) is 52.4 Å². The van der Waals surface area contributed by atoms with Gasteiger partial charge in [-0.15, -0.1) is 0 Å². The first-order chi connectivity index (χ1) is 13.5. The number of phenols is 2. The van der Waals surface area contributed by atoms with Gasteiger partial charge >= 0.3 is 0 Å². The summed E-state index contributed by atoms with van der Waals surface area (Å²) >= 11 is 0. The van der Waals surface area contributed by atoms with Crippen LogP contribution in [0.4, 0.5) is 0 Å². The molecule has 0 radical (unpaired) electrons. The van der Waals surface area contributed by atoms with Crippen LogP contribution in [0.2, 0.25) is 0 Å². The zero-order valence-corrected chi connectivity index (χ0v) is 18.4. The highest BCUT2D eigenvalue weighted by atomic mass is 16.3. The number of hydrogen-bond donors (Lipinski definition) is 2. The Kier molecular flexibility index (Phi) is 7.34. The Hall–Kier alpha value is -1.18. The van der Waals surface area contributed by atoms with Crippen molar-refractivity contribution in [2.75, 3.05) is 0 Å². The second-order valence-corrected chi connectivity index (χ2v) is 10.2. The highest BCUT2D eigenvalue weighted by Gasteiger charge is 2.39. The minimum atomic E-state index is 0.376. The van der Waals surface area contributed by atoms with E-state index in [0.717, 1.165) is 36.8 Å². The highest BCUT2D eigenvalue weighted by molar-refractivity contribution is 5.47. The highest BCUT2D eigenvalue weighted by Crippen LogP contribution is 2.52. The van der Waals surface area contributed by atoms with Crippen molar-refractivity contribution >= 4 is 0 Å². The topological polar surface area (TPSA) is 40.5 Å². The lowest BCUT2D eigenvalue weighted by Crippen LogP contribution is -1.99. The van der Waals surface area contributed by atoms with E-state index in [9.17, 15) is 10.2 Å². The summed E-state index contributed by atoms with van der Waals surface area (Å²) in [6.45, 7) is 4.74. The van der Waals surface area contributed by atoms with Crippen molar-refractivity contribution in [2.24, 2.45) is 10.8 Å². The van der Waals surface area contributed by atoms with Crippen LogP contribution in [0.5, 0.6) is 11.5 Å². The summed E-state index contributed by atoms with van der Waals surface area (Å²) in [6.07, 6.45) is 20.2. The fraction of sp³-hybridized carbons (Fsp3) is 0.769. The molecule has 0 aliphatic heterocycles. The molecule has 1 aromatic rings. The Balaban J connectivity index is 1.39. The molecule has 0 heterocycles. The average Bonchev–Trinajstić information content (AvgIpc) is 3.60. The molecule has 2 saturated carbocycles. The molecule has 0 amide bonds. The third kappa shape index (κ3) is 6.16. The van der Waals surface area contributed by atoms with Crippen LogP contribution in [0.3, 0.4) is 0 Å². The van der Waals surface area contributed by atoms with E-state index in [1.54, 1.807) is 12.1 Å². The van der Waals surface area contributed by atoms with E-state index in [0.29, 0.717) is 22.3 Å². The van der Waals surface area contributed by atoms with Gasteiger partial charge in [-0.05, 0) is 87.2 Å². The van der Waals surface area contributed by atoms with Gasteiger partial charge in [0.1, 0.15) is 11.5 Å². The van der Waals surface area contributed by atoms with Crippen molar-refractivity contribution in [3.05, 3.63) is 23.3 Å². The summed E-state index contributed by atoms with van der Waals surface area (Å²) in [6, 6.07) is 3.33. The summed E-state index contributed by atoms with van der Waals surface area (Å²) in [4.78, 5) is 0. The van der Waals surface area contributed by atoms with E-state index in [-0.39, 0.29) is 0 Å². The zero-order valence-electron chi connectivity index (χ0n) is 18.4. The molecule has 2 fully saturated rings. The summed E-state index contributed by atoms with van der Waals surface area (Å²) in [7, 11) is 0. The normalized spacial score (nSPS) is 18.9. The first-order valence-corrected chi connectivity index (χ1v) is 12.0. The van der Waals surface area contributed by atoms with Gasteiger partial charge in [0, 0.05) is 11.1 Å². The predicted octanol–water partition coefficient (Wildman–Crippen LogP) is 7.68. The van der Waals surface area contributed by atoms with Crippen LogP contribution in [0, 0.1) is 10.8 Å². The maximum absolute atomic E-state index is 10.4. The Labute approximate surface area is 172 Å². The Morgan fingerprint density at radius 3 is 1.71 bits per heavy atom. The minimum Gasteiger partial charge on any atom is -0.508 e. The van der Waals surface area contributed by atoms with Crippen molar-refractivity contribution in [2.45, 2.75) is 117 Å². The molecular weight excluding hydrogens is 344 g/mol. The van der Waals surface area contributed by atoms with Crippen molar-refractivity contribution in [1.29, 1.82) is 0 Å². The van der Waals surface area contributed by atoms with Crippen LogP contribution in [0.1, 0.15) is 115 Å². The zero-order chi connectivity index (χ0) is 20.0. The van der Waals surface area contributed by atoms with E-state index in [1.807, 2.05) is 0 Å². The van der Waals surface area contributed by atoms with E-state index in [2.05, 4.69) is 13.8 Å². The molecule has 2 N–H and O–H groups in total. The van der Waals surface area contributed by atoms with Crippen LogP contribution >= 0.6 is 0 Å². The third-order valence-corrected chi connectivity index (χ3v) is 7.78. The SMILES string of the molecule is CCC1(CCCCCCc2c(O)ccc(O)c2CCCCCC2(C)CC2)CC1. The van der Waals surface area contributed by atoms with Crippen molar-refractivity contribution in [1.82, 2.24) is 0 Å². The molecule has 2 aliphatic rings. The predicted molar refractivity (Wildman–Crippen MR) is 118 cm³/mol. The fourth-order valence-corrected chi connectivity index (χ4v) is 4.83. The van der Waals surface area contributed by atoms with Gasteiger partial charge in [0.25, 0.3) is 0 Å². The average molecular weight is 387 g/mol. The molecule has 158 valence electrons. The lowest BCUT2D eigenvalue weighted by Gasteiger charge is -2.14. The molecule has 0 spiro atoms. The molecule has 2 aliphatic carbocycles. The summed E-state index contributed by atoms with van der Waals surface area (Å²) in [5, 5.41) is 20.7. The number of hydrogen-bond acceptors (Lipinski definition) is 2. The van der Waals surface area contributed by atoms with Gasteiger partial charge in [-0.3, -0.25) is 0 Å². The number of rotatable bonds is 14. The maximum Gasteiger partial charge on any atom is 0.119 e. The smallest absolute Gasteiger partial charge is 0.119 e. The number of aromatic hydroxyl groups is 2. The summed E-state index contributed by atoms with van der Waals surface area (Å²) in [5.74, 6) is 0.752. The second-order valence-electron chi connectivity index (χ2n) is 10.2. The van der Waals surface area contributed by atoms with Crippen molar-refractivity contribution < 1.29 is 10.2 Å². The van der Waals surface area contributed by atoms with Crippen LogP contribution in [0.25, 0.3) is 0 Å². The minimum absolute atomic E-state index is 0.376. The number of phenolic OH excluding ortho intramolecular Hbond substituents is 2. The summed E-state index contributed by atoms with van der Waals surface area (Å²) in [5.41, 5.74) is 3.37. The van der Waals surface area contributed by atoms with E-state index >= 15 is 0 Å². The van der Waals surface area contributed by atoms with E-state index in [4.69, 9.17) is 0 Å². The van der Waals surface area contributed by atoms with Gasteiger partial charge in [0.15, 0.2) is 0 Å². The Bertz CT molecular complexity index is 626. The van der Waals surface area contributed by atoms with Crippen LogP contribution < -0.4 is 0 Å². The molecular formula is C26H42O2. The van der Waals surface area contributed by atoms with Crippen LogP contribution in [-0.2, 0) is 12.8 Å². The van der Waals surface area contributed by atoms with Crippen LogP contribution in [0.15, 0.2) is 12.1 Å². The van der Waals surface area contributed by atoms with Crippen molar-refractivity contribution in [3.8, 4) is 11.5 Å². The molecule has 0 unspecified atom stereocenters. The standard InChI is InChI=1S/C26H42O2/c1-3-26(19-20-26)16-10-5-4-7-11-21-22(24(28)14-13-23(21)27)12-8-6-9-15-25(2)17-18-25/h13-14,27-28H,3-12,15-20H2,1-2H3. The van der Waals surface area contributed by atoms with E-state index < -0.39 is 0 Å². The number of benzene rings is 1. The first-order valence-electron chi connectivity index (χ1n) is 12.0. The molecule has 0 atom stereocenters. The second kappa shape index (κ2) is 9.55. The molecule has 2 heteroatoms. The lowest BCUT2D eigenvalue weighted by molar-refractivity contribution is 0.419. The molecule has 0 saturated heterocycles. The van der Waals surface area contributed by atoms with Gasteiger partial charge in [0.2, 0.25) is 0 Å². The van der Waals surface area contributed by atoms with Gasteiger partial charge in [-0.2, -0.15) is 0 Å². The van der Waals surface area contributed by atoms with Crippen LogP contribution in [-0.4, -0.2) is 10.2 Å². The van der Waals surface area contributed by atoms with Gasteiger partial charge in [0.05, 0.1) is 0 Å². The molecule has 1 aromatic carbocycles. The van der Waals surface area contributed by atoms with Gasteiger partial charge < -0.3 is 10.2 Å².